The van der Waals surface area contributed by atoms with Gasteiger partial charge in [-0.2, -0.15) is 0 Å². The molecular weight excluding hydrogens is 316 g/mol. The molecule has 1 aromatic carbocycles. The van der Waals surface area contributed by atoms with Crippen LogP contribution in [-0.2, 0) is 16.0 Å². The highest BCUT2D eigenvalue weighted by molar-refractivity contribution is 7.14. The second-order valence-electron chi connectivity index (χ2n) is 5.02. The summed E-state index contributed by atoms with van der Waals surface area (Å²) in [5, 5.41) is 8.52. The van der Waals surface area contributed by atoms with Crippen LogP contribution in [0.5, 0.6) is 0 Å². The zero-order valence-electron chi connectivity index (χ0n) is 12.4. The van der Waals surface area contributed by atoms with Gasteiger partial charge in [0.05, 0.1) is 11.3 Å². The first-order chi connectivity index (χ1) is 10.9. The Morgan fingerprint density at radius 1 is 1.00 bits per heavy atom. The predicted octanol–water partition coefficient (Wildman–Crippen LogP) is 2.77. The molecule has 0 aliphatic rings. The van der Waals surface area contributed by atoms with Crippen LogP contribution >= 0.6 is 11.3 Å². The number of carbonyl (C=O) groups is 4. The first-order valence-corrected chi connectivity index (χ1v) is 7.66. The van der Waals surface area contributed by atoms with E-state index in [0.717, 1.165) is 10.4 Å². The van der Waals surface area contributed by atoms with Crippen LogP contribution in [0.1, 0.15) is 43.8 Å². The molecular formula is C17H14O5S. The summed E-state index contributed by atoms with van der Waals surface area (Å²) in [7, 11) is 0. The van der Waals surface area contributed by atoms with Crippen molar-refractivity contribution in [2.75, 3.05) is 0 Å². The number of aliphatic carboxylic acids is 1. The van der Waals surface area contributed by atoms with Gasteiger partial charge in [-0.05, 0) is 24.6 Å². The Labute approximate surface area is 136 Å². The van der Waals surface area contributed by atoms with E-state index < -0.39 is 24.0 Å². The van der Waals surface area contributed by atoms with Gasteiger partial charge in [0.25, 0.3) is 0 Å². The van der Waals surface area contributed by atoms with Crippen LogP contribution in [0.15, 0.2) is 36.4 Å². The number of carboxylic acid groups (broad SMARTS) is 1. The third kappa shape index (κ3) is 4.43. The molecule has 0 amide bonds. The number of rotatable bonds is 7. The minimum Gasteiger partial charge on any atom is -0.475 e. The smallest absolute Gasteiger partial charge is 0.372 e. The Morgan fingerprint density at radius 3 is 2.22 bits per heavy atom. The number of thiophene rings is 1. The number of ketones is 3. The fourth-order valence-corrected chi connectivity index (χ4v) is 2.97. The van der Waals surface area contributed by atoms with E-state index in [0.29, 0.717) is 16.9 Å². The average Bonchev–Trinajstić information content (AvgIpc) is 2.96. The number of hydrogen-bond donors (Lipinski definition) is 1. The van der Waals surface area contributed by atoms with Gasteiger partial charge in [0.15, 0.2) is 11.6 Å². The molecule has 1 N–H and O–H groups in total. The van der Waals surface area contributed by atoms with Crippen LogP contribution < -0.4 is 0 Å². The second-order valence-corrected chi connectivity index (χ2v) is 6.19. The largest absolute Gasteiger partial charge is 0.475 e. The highest BCUT2D eigenvalue weighted by atomic mass is 32.1. The van der Waals surface area contributed by atoms with E-state index in [2.05, 4.69) is 0 Å². The molecule has 5 nitrogen and oxygen atoms in total. The summed E-state index contributed by atoms with van der Waals surface area (Å²) in [6.45, 7) is 1.50. The van der Waals surface area contributed by atoms with Gasteiger partial charge in [-0.1, -0.05) is 24.3 Å². The molecule has 2 aromatic rings. The molecule has 0 atom stereocenters. The van der Waals surface area contributed by atoms with E-state index in [4.69, 9.17) is 5.11 Å². The zero-order chi connectivity index (χ0) is 17.0. The highest BCUT2D eigenvalue weighted by Crippen LogP contribution is 2.21. The van der Waals surface area contributed by atoms with E-state index in [-0.39, 0.29) is 5.78 Å². The number of hydrogen-bond acceptors (Lipinski definition) is 5. The summed E-state index contributed by atoms with van der Waals surface area (Å²) in [5.74, 6) is -3.19. The van der Waals surface area contributed by atoms with E-state index in [1.165, 1.54) is 18.3 Å². The van der Waals surface area contributed by atoms with Gasteiger partial charge < -0.3 is 5.11 Å². The van der Waals surface area contributed by atoms with Crippen LogP contribution in [0.4, 0.5) is 0 Å². The number of carboxylic acids is 1. The van der Waals surface area contributed by atoms with Gasteiger partial charge in [0, 0.05) is 16.9 Å². The molecule has 23 heavy (non-hydrogen) atoms. The van der Waals surface area contributed by atoms with Crippen molar-refractivity contribution in [1.82, 2.24) is 0 Å². The highest BCUT2D eigenvalue weighted by Gasteiger charge is 2.19. The first kappa shape index (κ1) is 16.8. The van der Waals surface area contributed by atoms with E-state index in [1.807, 2.05) is 12.1 Å². The third-order valence-corrected chi connectivity index (χ3v) is 4.36. The quantitative estimate of drug-likeness (QED) is 0.479. The number of Topliss-reactive ketones (excluding diaryl/α,β-unsaturated/α-hetero) is 3. The van der Waals surface area contributed by atoms with Crippen LogP contribution in [0.2, 0.25) is 0 Å². The normalized spacial score (nSPS) is 10.3. The van der Waals surface area contributed by atoms with Gasteiger partial charge in [-0.15, -0.1) is 11.3 Å². The van der Waals surface area contributed by atoms with Crippen LogP contribution in [-0.4, -0.2) is 28.4 Å². The van der Waals surface area contributed by atoms with Gasteiger partial charge in [-0.25, -0.2) is 4.79 Å². The maximum Gasteiger partial charge on any atom is 0.372 e. The molecule has 0 bridgehead atoms. The van der Waals surface area contributed by atoms with Crippen molar-refractivity contribution in [2.45, 2.75) is 19.8 Å². The lowest BCUT2D eigenvalue weighted by atomic mass is 10.1. The predicted molar refractivity (Wildman–Crippen MR) is 85.2 cm³/mol. The van der Waals surface area contributed by atoms with Gasteiger partial charge >= 0.3 is 5.97 Å². The molecule has 0 radical (unpaired) electrons. The van der Waals surface area contributed by atoms with E-state index in [1.54, 1.807) is 24.3 Å². The Balaban J connectivity index is 2.04. The van der Waals surface area contributed by atoms with Crippen molar-refractivity contribution in [3.05, 3.63) is 57.3 Å². The van der Waals surface area contributed by atoms with Crippen molar-refractivity contribution in [2.24, 2.45) is 0 Å². The molecule has 0 saturated heterocycles. The summed E-state index contributed by atoms with van der Waals surface area (Å²) < 4.78 is 0. The van der Waals surface area contributed by atoms with Crippen molar-refractivity contribution in [3.63, 3.8) is 0 Å². The van der Waals surface area contributed by atoms with Crippen LogP contribution in [0.25, 0.3) is 0 Å². The Kier molecular flexibility index (Phi) is 5.18. The zero-order valence-corrected chi connectivity index (χ0v) is 13.2. The lowest BCUT2D eigenvalue weighted by molar-refractivity contribution is -0.148. The van der Waals surface area contributed by atoms with E-state index >= 15 is 0 Å². The lowest BCUT2D eigenvalue weighted by Crippen LogP contribution is -2.16. The minimum atomic E-state index is -1.60. The molecule has 0 saturated carbocycles. The fourth-order valence-electron chi connectivity index (χ4n) is 1.99. The van der Waals surface area contributed by atoms with Crippen molar-refractivity contribution in [1.29, 1.82) is 0 Å². The van der Waals surface area contributed by atoms with Gasteiger partial charge in [0.2, 0.25) is 5.78 Å². The lowest BCUT2D eigenvalue weighted by Gasteiger charge is -2.00. The van der Waals surface area contributed by atoms with Gasteiger partial charge in [0.1, 0.15) is 0 Å². The SMILES string of the molecule is CC(=O)c1ccc(Cc2ccc(C(=O)CC(=O)C(=O)O)s2)cc1. The van der Waals surface area contributed by atoms with Crippen LogP contribution in [0.3, 0.4) is 0 Å². The standard InChI is InChI=1S/C17H14O5S/c1-10(18)12-4-2-11(3-5-12)8-13-6-7-16(23-13)14(19)9-15(20)17(21)22/h2-7H,8-9H2,1H3,(H,21,22). The first-order valence-electron chi connectivity index (χ1n) is 6.84. The molecule has 1 heterocycles. The number of benzene rings is 1. The maximum absolute atomic E-state index is 11.8. The summed E-state index contributed by atoms with van der Waals surface area (Å²) in [4.78, 5) is 45.9. The number of carbonyl (C=O) groups excluding carboxylic acids is 3. The summed E-state index contributed by atoms with van der Waals surface area (Å²) in [6.07, 6.45) is -0.0222. The fraction of sp³-hybridized carbons (Fsp3) is 0.176. The second kappa shape index (κ2) is 7.11. The molecule has 0 aliphatic carbocycles. The molecule has 2 rings (SSSR count). The third-order valence-electron chi connectivity index (χ3n) is 3.23. The monoisotopic (exact) mass is 330 g/mol. The molecule has 0 aliphatic heterocycles. The molecule has 118 valence electrons. The molecule has 0 unspecified atom stereocenters. The molecule has 0 spiro atoms. The van der Waals surface area contributed by atoms with Crippen molar-refractivity contribution in [3.8, 4) is 0 Å². The van der Waals surface area contributed by atoms with Crippen LogP contribution in [0, 0.1) is 0 Å². The Bertz CT molecular complexity index is 771. The minimum absolute atomic E-state index is 0.00338. The maximum atomic E-state index is 11.8. The summed E-state index contributed by atoms with van der Waals surface area (Å²) in [6, 6.07) is 10.6. The molecule has 0 fully saturated rings. The summed E-state index contributed by atoms with van der Waals surface area (Å²) in [5.41, 5.74) is 1.64. The average molecular weight is 330 g/mol. The topological polar surface area (TPSA) is 88.5 Å². The van der Waals surface area contributed by atoms with Gasteiger partial charge in [-0.3, -0.25) is 14.4 Å². The van der Waals surface area contributed by atoms with Crippen molar-refractivity contribution >= 4 is 34.7 Å². The van der Waals surface area contributed by atoms with E-state index in [9.17, 15) is 19.2 Å². The molecule has 6 heteroatoms. The summed E-state index contributed by atoms with van der Waals surface area (Å²) >= 11 is 1.24. The van der Waals surface area contributed by atoms with Crippen molar-refractivity contribution < 1.29 is 24.3 Å². The Morgan fingerprint density at radius 2 is 1.65 bits per heavy atom. The Hall–Kier alpha value is -2.60. The molecule has 1 aromatic heterocycles.